The normalized spacial score (nSPS) is 10.4. The number of nitrogens with zero attached hydrogens (tertiary/aromatic N) is 2. The topological polar surface area (TPSA) is 71.8 Å². The lowest BCUT2D eigenvalue weighted by atomic mass is 10.2. The Morgan fingerprint density at radius 3 is 2.56 bits per heavy atom. The van der Waals surface area contributed by atoms with E-state index in [0.29, 0.717) is 17.3 Å². The van der Waals surface area contributed by atoms with Gasteiger partial charge in [0.15, 0.2) is 0 Å². The summed E-state index contributed by atoms with van der Waals surface area (Å²) < 4.78 is 5.16. The van der Waals surface area contributed by atoms with Crippen LogP contribution in [0.15, 0.2) is 58.0 Å². The van der Waals surface area contributed by atoms with Crippen molar-refractivity contribution in [1.82, 2.24) is 15.1 Å². The summed E-state index contributed by atoms with van der Waals surface area (Å²) in [7, 11) is 0. The van der Waals surface area contributed by atoms with Crippen LogP contribution in [0, 0.1) is 0 Å². The molecule has 0 atom stereocenters. The van der Waals surface area contributed by atoms with Crippen molar-refractivity contribution in [2.75, 3.05) is 0 Å². The maximum atomic E-state index is 11.0. The molecule has 0 spiro atoms. The van der Waals surface area contributed by atoms with Crippen molar-refractivity contribution in [2.24, 2.45) is 0 Å². The Kier molecular flexibility index (Phi) is 2.49. The van der Waals surface area contributed by atoms with Gasteiger partial charge < -0.3 is 9.51 Å². The number of pyridine rings is 1. The molecule has 0 aliphatic rings. The Morgan fingerprint density at radius 1 is 1.00 bits per heavy atom. The molecule has 0 bridgehead atoms. The average Bonchev–Trinajstić information content (AvgIpc) is 2.90. The van der Waals surface area contributed by atoms with E-state index in [1.165, 1.54) is 6.07 Å². The molecule has 0 radical (unpaired) electrons. The van der Waals surface area contributed by atoms with Crippen LogP contribution in [0.25, 0.3) is 22.8 Å². The van der Waals surface area contributed by atoms with Crippen LogP contribution >= 0.6 is 0 Å². The van der Waals surface area contributed by atoms with Crippen LogP contribution in [0.3, 0.4) is 0 Å². The second-order valence-corrected chi connectivity index (χ2v) is 3.73. The monoisotopic (exact) mass is 239 g/mol. The predicted molar refractivity (Wildman–Crippen MR) is 65.8 cm³/mol. The second kappa shape index (κ2) is 4.29. The SMILES string of the molecule is O=c1ccc(-c2nc(-c3ccccc3)no2)c[nH]1. The molecule has 0 saturated carbocycles. The fourth-order valence-corrected chi connectivity index (χ4v) is 1.59. The van der Waals surface area contributed by atoms with E-state index in [-0.39, 0.29) is 5.56 Å². The van der Waals surface area contributed by atoms with Gasteiger partial charge in [-0.15, -0.1) is 0 Å². The summed E-state index contributed by atoms with van der Waals surface area (Å²) in [6.45, 7) is 0. The Bertz CT molecular complexity index is 696. The number of hydrogen-bond acceptors (Lipinski definition) is 4. The Morgan fingerprint density at radius 2 is 1.83 bits per heavy atom. The summed E-state index contributed by atoms with van der Waals surface area (Å²) in [5.41, 5.74) is 1.41. The van der Waals surface area contributed by atoms with Gasteiger partial charge in [-0.1, -0.05) is 35.5 Å². The lowest BCUT2D eigenvalue weighted by Gasteiger charge is -1.91. The summed E-state index contributed by atoms with van der Waals surface area (Å²) in [5, 5.41) is 3.91. The van der Waals surface area contributed by atoms with E-state index < -0.39 is 0 Å². The zero-order chi connectivity index (χ0) is 12.4. The summed E-state index contributed by atoms with van der Waals surface area (Å²) in [6, 6.07) is 12.6. The molecule has 18 heavy (non-hydrogen) atoms. The van der Waals surface area contributed by atoms with E-state index in [4.69, 9.17) is 4.52 Å². The van der Waals surface area contributed by atoms with E-state index in [1.807, 2.05) is 30.3 Å². The molecular weight excluding hydrogens is 230 g/mol. The van der Waals surface area contributed by atoms with Gasteiger partial charge in [0.2, 0.25) is 11.4 Å². The zero-order valence-corrected chi connectivity index (χ0v) is 9.33. The van der Waals surface area contributed by atoms with Crippen LogP contribution < -0.4 is 5.56 Å². The molecular formula is C13H9N3O2. The van der Waals surface area contributed by atoms with Crippen LogP contribution in [0.5, 0.6) is 0 Å². The van der Waals surface area contributed by atoms with Gasteiger partial charge in [-0.05, 0) is 6.07 Å². The molecule has 2 heterocycles. The molecule has 0 unspecified atom stereocenters. The first-order valence-electron chi connectivity index (χ1n) is 5.41. The Balaban J connectivity index is 1.99. The standard InChI is InChI=1S/C13H9N3O2/c17-11-7-6-10(8-14-11)13-15-12(16-18-13)9-4-2-1-3-5-9/h1-8H,(H,14,17). The number of hydrogen-bond donors (Lipinski definition) is 1. The van der Waals surface area contributed by atoms with Crippen LogP contribution in [0.2, 0.25) is 0 Å². The molecule has 88 valence electrons. The fraction of sp³-hybridized carbons (Fsp3) is 0. The van der Waals surface area contributed by atoms with Gasteiger partial charge in [0.1, 0.15) is 0 Å². The van der Waals surface area contributed by atoms with Gasteiger partial charge in [-0.25, -0.2) is 0 Å². The van der Waals surface area contributed by atoms with E-state index in [1.54, 1.807) is 12.3 Å². The molecule has 3 aromatic rings. The molecule has 5 nitrogen and oxygen atoms in total. The number of H-pyrrole nitrogens is 1. The van der Waals surface area contributed by atoms with Gasteiger partial charge in [-0.3, -0.25) is 4.79 Å². The molecule has 5 heteroatoms. The highest BCUT2D eigenvalue weighted by Crippen LogP contribution is 2.20. The number of aromatic amines is 1. The molecule has 0 aliphatic heterocycles. The van der Waals surface area contributed by atoms with E-state index in [9.17, 15) is 4.79 Å². The highest BCUT2D eigenvalue weighted by atomic mass is 16.5. The lowest BCUT2D eigenvalue weighted by Crippen LogP contribution is -2.01. The van der Waals surface area contributed by atoms with Crippen LogP contribution in [-0.4, -0.2) is 15.1 Å². The fourth-order valence-electron chi connectivity index (χ4n) is 1.59. The zero-order valence-electron chi connectivity index (χ0n) is 9.33. The minimum absolute atomic E-state index is 0.165. The van der Waals surface area contributed by atoms with Crippen molar-refractivity contribution in [3.8, 4) is 22.8 Å². The van der Waals surface area contributed by atoms with Gasteiger partial charge in [0.25, 0.3) is 5.89 Å². The number of rotatable bonds is 2. The molecule has 2 aromatic heterocycles. The second-order valence-electron chi connectivity index (χ2n) is 3.73. The molecule has 0 amide bonds. The van der Waals surface area contributed by atoms with Crippen molar-refractivity contribution >= 4 is 0 Å². The van der Waals surface area contributed by atoms with Crippen molar-refractivity contribution in [3.05, 3.63) is 59.0 Å². The highest BCUT2D eigenvalue weighted by molar-refractivity contribution is 5.58. The van der Waals surface area contributed by atoms with Gasteiger partial charge >= 0.3 is 0 Å². The van der Waals surface area contributed by atoms with Crippen LogP contribution in [0.4, 0.5) is 0 Å². The number of nitrogens with one attached hydrogen (secondary N) is 1. The quantitative estimate of drug-likeness (QED) is 0.743. The minimum atomic E-state index is -0.165. The first-order valence-corrected chi connectivity index (χ1v) is 5.41. The van der Waals surface area contributed by atoms with Gasteiger partial charge in [0, 0.05) is 17.8 Å². The maximum Gasteiger partial charge on any atom is 0.259 e. The van der Waals surface area contributed by atoms with Crippen LogP contribution in [0.1, 0.15) is 0 Å². The molecule has 0 fully saturated rings. The summed E-state index contributed by atoms with van der Waals surface area (Å²) in [6.07, 6.45) is 1.55. The lowest BCUT2D eigenvalue weighted by molar-refractivity contribution is 0.432. The van der Waals surface area contributed by atoms with Crippen molar-refractivity contribution in [1.29, 1.82) is 0 Å². The Hall–Kier alpha value is -2.69. The first kappa shape index (κ1) is 10.5. The van der Waals surface area contributed by atoms with Crippen molar-refractivity contribution in [3.63, 3.8) is 0 Å². The van der Waals surface area contributed by atoms with Gasteiger partial charge in [0.05, 0.1) is 5.56 Å². The number of aromatic nitrogens is 3. The third kappa shape index (κ3) is 1.93. The predicted octanol–water partition coefficient (Wildman–Crippen LogP) is 2.09. The third-order valence-corrected chi connectivity index (χ3v) is 2.49. The van der Waals surface area contributed by atoms with E-state index in [0.717, 1.165) is 5.56 Å². The summed E-state index contributed by atoms with van der Waals surface area (Å²) >= 11 is 0. The average molecular weight is 239 g/mol. The maximum absolute atomic E-state index is 11.0. The summed E-state index contributed by atoms with van der Waals surface area (Å²) in [5.74, 6) is 0.905. The van der Waals surface area contributed by atoms with Crippen LogP contribution in [-0.2, 0) is 0 Å². The van der Waals surface area contributed by atoms with Crippen molar-refractivity contribution < 1.29 is 4.52 Å². The van der Waals surface area contributed by atoms with E-state index in [2.05, 4.69) is 15.1 Å². The molecule has 3 rings (SSSR count). The van der Waals surface area contributed by atoms with E-state index >= 15 is 0 Å². The molecule has 0 aliphatic carbocycles. The Labute approximate surface area is 102 Å². The first-order chi connectivity index (χ1) is 8.83. The highest BCUT2D eigenvalue weighted by Gasteiger charge is 2.09. The largest absolute Gasteiger partial charge is 0.334 e. The minimum Gasteiger partial charge on any atom is -0.334 e. The number of benzene rings is 1. The third-order valence-electron chi connectivity index (χ3n) is 2.49. The van der Waals surface area contributed by atoms with Crippen molar-refractivity contribution in [2.45, 2.75) is 0 Å². The molecule has 1 aromatic carbocycles. The molecule has 1 N–H and O–H groups in total. The smallest absolute Gasteiger partial charge is 0.259 e. The molecule has 0 saturated heterocycles. The summed E-state index contributed by atoms with van der Waals surface area (Å²) in [4.78, 5) is 17.8. The van der Waals surface area contributed by atoms with Gasteiger partial charge in [-0.2, -0.15) is 4.98 Å².